The van der Waals surface area contributed by atoms with E-state index in [1.165, 1.54) is 4.90 Å². The van der Waals surface area contributed by atoms with Crippen LogP contribution in [0.25, 0.3) is 5.76 Å². The molecule has 1 amide bonds. The molecular weight excluding hydrogens is 414 g/mol. The van der Waals surface area contributed by atoms with E-state index in [1.807, 2.05) is 80.6 Å². The van der Waals surface area contributed by atoms with Gasteiger partial charge in [0.15, 0.2) is 0 Å². The highest BCUT2D eigenvalue weighted by atomic mass is 16.5. The molecule has 168 valence electrons. The lowest BCUT2D eigenvalue weighted by Crippen LogP contribution is -2.29. The van der Waals surface area contributed by atoms with E-state index in [0.717, 1.165) is 28.9 Å². The molecule has 0 radical (unpaired) electrons. The molecule has 1 N–H and O–H groups in total. The van der Waals surface area contributed by atoms with Gasteiger partial charge in [-0.15, -0.1) is 0 Å². The van der Waals surface area contributed by atoms with E-state index < -0.39 is 17.7 Å². The van der Waals surface area contributed by atoms with Crippen molar-refractivity contribution >= 4 is 17.4 Å². The van der Waals surface area contributed by atoms with Crippen LogP contribution in [0.5, 0.6) is 5.75 Å². The predicted molar refractivity (Wildman–Crippen MR) is 128 cm³/mol. The molecule has 0 spiro atoms. The van der Waals surface area contributed by atoms with Crippen molar-refractivity contribution in [3.63, 3.8) is 0 Å². The molecular formula is C28H27NO4. The van der Waals surface area contributed by atoms with Crippen LogP contribution < -0.4 is 4.74 Å². The van der Waals surface area contributed by atoms with Crippen molar-refractivity contribution in [3.05, 3.63) is 107 Å². The average Bonchev–Trinajstić information content (AvgIpc) is 3.08. The number of rotatable bonds is 7. The topological polar surface area (TPSA) is 66.8 Å². The third-order valence-electron chi connectivity index (χ3n) is 5.73. The second-order valence-electron chi connectivity index (χ2n) is 8.20. The van der Waals surface area contributed by atoms with Crippen molar-refractivity contribution in [2.24, 2.45) is 0 Å². The summed E-state index contributed by atoms with van der Waals surface area (Å²) in [4.78, 5) is 27.8. The number of ether oxygens (including phenoxy) is 1. The molecule has 3 aromatic carbocycles. The van der Waals surface area contributed by atoms with Gasteiger partial charge in [-0.1, -0.05) is 79.2 Å². The predicted octanol–water partition coefficient (Wildman–Crippen LogP) is 5.41. The first-order valence-electron chi connectivity index (χ1n) is 11.1. The van der Waals surface area contributed by atoms with Crippen LogP contribution in [-0.4, -0.2) is 28.3 Å². The van der Waals surface area contributed by atoms with Crippen molar-refractivity contribution in [1.82, 2.24) is 4.90 Å². The van der Waals surface area contributed by atoms with Crippen molar-refractivity contribution < 1.29 is 19.4 Å². The van der Waals surface area contributed by atoms with Gasteiger partial charge in [0.1, 0.15) is 11.5 Å². The summed E-state index contributed by atoms with van der Waals surface area (Å²) in [7, 11) is 0. The lowest BCUT2D eigenvalue weighted by atomic mass is 9.95. The summed E-state index contributed by atoms with van der Waals surface area (Å²) in [6.07, 6.45) is 0.898. The quantitative estimate of drug-likeness (QED) is 0.303. The van der Waals surface area contributed by atoms with Crippen LogP contribution in [0.15, 0.2) is 84.4 Å². The van der Waals surface area contributed by atoms with Gasteiger partial charge >= 0.3 is 0 Å². The second kappa shape index (κ2) is 9.74. The van der Waals surface area contributed by atoms with Gasteiger partial charge in [0.05, 0.1) is 18.2 Å². The fraction of sp³-hybridized carbons (Fsp3) is 0.214. The number of hydrogen-bond acceptors (Lipinski definition) is 4. The highest BCUT2D eigenvalue weighted by Gasteiger charge is 2.46. The van der Waals surface area contributed by atoms with E-state index in [9.17, 15) is 14.7 Å². The molecule has 1 unspecified atom stereocenters. The molecule has 1 saturated heterocycles. The minimum atomic E-state index is -0.702. The standard InChI is InChI=1S/C28H27NO4/c1-3-17-33-23-15-13-21(14-16-23)25-24(26(30)22-11-9-19(2)10-12-22)27(31)28(32)29(25)18-20-7-5-4-6-8-20/h4-16,25,30H,3,17-18H2,1-2H3/b26-24+. The molecule has 1 fully saturated rings. The van der Waals surface area contributed by atoms with Crippen molar-refractivity contribution in [2.45, 2.75) is 32.9 Å². The minimum absolute atomic E-state index is 0.0991. The first kappa shape index (κ1) is 22.3. The molecule has 0 saturated carbocycles. The molecule has 1 atom stereocenters. The molecule has 0 aromatic heterocycles. The summed E-state index contributed by atoms with van der Waals surface area (Å²) in [5, 5.41) is 11.1. The van der Waals surface area contributed by atoms with Crippen LogP contribution in [0.4, 0.5) is 0 Å². The Balaban J connectivity index is 1.80. The Morgan fingerprint density at radius 1 is 0.939 bits per heavy atom. The SMILES string of the molecule is CCCOc1ccc(C2/C(=C(\O)c3ccc(C)cc3)C(=O)C(=O)N2Cc2ccccc2)cc1. The Bertz CT molecular complexity index is 1160. The van der Waals surface area contributed by atoms with Gasteiger partial charge in [-0.3, -0.25) is 9.59 Å². The lowest BCUT2D eigenvalue weighted by molar-refractivity contribution is -0.140. The van der Waals surface area contributed by atoms with E-state index in [0.29, 0.717) is 12.2 Å². The first-order chi connectivity index (χ1) is 16.0. The molecule has 3 aromatic rings. The maximum absolute atomic E-state index is 13.1. The van der Waals surface area contributed by atoms with E-state index >= 15 is 0 Å². The molecule has 5 nitrogen and oxygen atoms in total. The van der Waals surface area contributed by atoms with Crippen LogP contribution in [0, 0.1) is 6.92 Å². The summed E-state index contributed by atoms with van der Waals surface area (Å²) in [5.41, 5.74) is 3.29. The summed E-state index contributed by atoms with van der Waals surface area (Å²) in [6.45, 7) is 4.86. The number of carbonyl (C=O) groups excluding carboxylic acids is 2. The van der Waals surface area contributed by atoms with Gasteiger partial charge in [0, 0.05) is 12.1 Å². The zero-order chi connectivity index (χ0) is 23.4. The summed E-state index contributed by atoms with van der Waals surface area (Å²) < 4.78 is 5.68. The van der Waals surface area contributed by atoms with Crippen molar-refractivity contribution in [3.8, 4) is 5.75 Å². The summed E-state index contributed by atoms with van der Waals surface area (Å²) in [5.74, 6) is -0.747. The largest absolute Gasteiger partial charge is 0.507 e. The summed E-state index contributed by atoms with van der Waals surface area (Å²) in [6, 6.07) is 23.4. The molecule has 4 rings (SSSR count). The zero-order valence-electron chi connectivity index (χ0n) is 18.8. The highest BCUT2D eigenvalue weighted by Crippen LogP contribution is 2.40. The monoisotopic (exact) mass is 441 g/mol. The third kappa shape index (κ3) is 4.67. The molecule has 1 aliphatic heterocycles. The van der Waals surface area contributed by atoms with E-state index in [4.69, 9.17) is 4.74 Å². The molecule has 0 bridgehead atoms. The Morgan fingerprint density at radius 3 is 2.24 bits per heavy atom. The molecule has 1 aliphatic rings. The number of likely N-dealkylation sites (tertiary alicyclic amines) is 1. The van der Waals surface area contributed by atoms with Gasteiger partial charge in [-0.05, 0) is 36.6 Å². The first-order valence-corrected chi connectivity index (χ1v) is 11.1. The smallest absolute Gasteiger partial charge is 0.295 e. The number of carbonyl (C=O) groups is 2. The number of benzene rings is 3. The van der Waals surface area contributed by atoms with Gasteiger partial charge < -0.3 is 14.7 Å². The van der Waals surface area contributed by atoms with E-state index in [2.05, 4.69) is 0 Å². The average molecular weight is 442 g/mol. The van der Waals surface area contributed by atoms with Crippen molar-refractivity contribution in [2.75, 3.05) is 6.61 Å². The molecule has 1 heterocycles. The van der Waals surface area contributed by atoms with Crippen LogP contribution in [0.1, 0.15) is 41.6 Å². The minimum Gasteiger partial charge on any atom is -0.507 e. The van der Waals surface area contributed by atoms with Gasteiger partial charge in [-0.2, -0.15) is 0 Å². The number of ketones is 1. The van der Waals surface area contributed by atoms with Gasteiger partial charge in [0.25, 0.3) is 11.7 Å². The highest BCUT2D eigenvalue weighted by molar-refractivity contribution is 6.46. The second-order valence-corrected chi connectivity index (χ2v) is 8.20. The van der Waals surface area contributed by atoms with Crippen LogP contribution in [0.3, 0.4) is 0 Å². The van der Waals surface area contributed by atoms with Gasteiger partial charge in [0.2, 0.25) is 0 Å². The number of hydrogen-bond donors (Lipinski definition) is 1. The van der Waals surface area contributed by atoms with Gasteiger partial charge in [-0.25, -0.2) is 0 Å². The lowest BCUT2D eigenvalue weighted by Gasteiger charge is -2.25. The number of aliphatic hydroxyl groups is 1. The summed E-state index contributed by atoms with van der Waals surface area (Å²) >= 11 is 0. The Morgan fingerprint density at radius 2 is 1.61 bits per heavy atom. The molecule has 5 heteroatoms. The number of Topliss-reactive ketones (excluding diaryl/α,β-unsaturated/α-hetero) is 1. The van der Waals surface area contributed by atoms with Crippen LogP contribution >= 0.6 is 0 Å². The number of aliphatic hydroxyl groups excluding tert-OH is 1. The normalized spacial score (nSPS) is 17.4. The Kier molecular flexibility index (Phi) is 6.59. The molecule has 33 heavy (non-hydrogen) atoms. The third-order valence-corrected chi connectivity index (χ3v) is 5.73. The fourth-order valence-electron chi connectivity index (χ4n) is 4.00. The van der Waals surface area contributed by atoms with Crippen molar-refractivity contribution in [1.29, 1.82) is 0 Å². The molecule has 0 aliphatic carbocycles. The van der Waals surface area contributed by atoms with Crippen LogP contribution in [-0.2, 0) is 16.1 Å². The number of amides is 1. The number of aryl methyl sites for hydroxylation is 1. The van der Waals surface area contributed by atoms with E-state index in [-0.39, 0.29) is 17.9 Å². The zero-order valence-corrected chi connectivity index (χ0v) is 18.8. The number of nitrogens with zero attached hydrogens (tertiary/aromatic N) is 1. The maximum atomic E-state index is 13.1. The Hall–Kier alpha value is -3.86. The fourth-order valence-corrected chi connectivity index (χ4v) is 4.00. The Labute approximate surface area is 193 Å². The van der Waals surface area contributed by atoms with Crippen LogP contribution in [0.2, 0.25) is 0 Å². The maximum Gasteiger partial charge on any atom is 0.295 e. The van der Waals surface area contributed by atoms with E-state index in [1.54, 1.807) is 12.1 Å².